The Morgan fingerprint density at radius 1 is 1.19 bits per heavy atom. The standard InChI is InChI=1S/C16H19N3O2/c20-14-5-9-18(14)13-4-1-3-12(11-13)17-15(21)19-10-8-16(19)6-2-7-16/h1,3-4,11H,2,5-10H2,(H,17,21). The van der Waals surface area contributed by atoms with E-state index in [9.17, 15) is 9.59 Å². The molecule has 0 aromatic heterocycles. The van der Waals surface area contributed by atoms with Crippen molar-refractivity contribution in [2.75, 3.05) is 23.3 Å². The summed E-state index contributed by atoms with van der Waals surface area (Å²) in [6.07, 6.45) is 5.28. The molecule has 0 radical (unpaired) electrons. The maximum Gasteiger partial charge on any atom is 0.322 e. The molecule has 1 spiro atoms. The van der Waals surface area contributed by atoms with E-state index in [2.05, 4.69) is 5.32 Å². The molecule has 2 heterocycles. The first-order valence-corrected chi connectivity index (χ1v) is 7.67. The molecule has 3 aliphatic rings. The minimum atomic E-state index is -0.00645. The minimum absolute atomic E-state index is 0.00645. The monoisotopic (exact) mass is 285 g/mol. The number of carbonyl (C=O) groups is 2. The van der Waals surface area contributed by atoms with Crippen LogP contribution in [0.2, 0.25) is 0 Å². The molecule has 110 valence electrons. The summed E-state index contributed by atoms with van der Waals surface area (Å²) in [6.45, 7) is 1.63. The van der Waals surface area contributed by atoms with E-state index in [1.165, 1.54) is 6.42 Å². The number of amides is 3. The van der Waals surface area contributed by atoms with Gasteiger partial charge in [-0.1, -0.05) is 6.07 Å². The SMILES string of the molecule is O=C1CCN1c1cccc(NC(=O)N2CCC23CCC3)c1. The predicted octanol–water partition coefficient (Wildman–Crippen LogP) is 2.58. The van der Waals surface area contributed by atoms with Crippen molar-refractivity contribution in [1.82, 2.24) is 4.90 Å². The fraction of sp³-hybridized carbons (Fsp3) is 0.500. The lowest BCUT2D eigenvalue weighted by atomic mass is 9.68. The molecule has 1 aliphatic carbocycles. The Hall–Kier alpha value is -2.04. The lowest BCUT2D eigenvalue weighted by Crippen LogP contribution is -2.66. The summed E-state index contributed by atoms with van der Waals surface area (Å²) in [5.41, 5.74) is 1.79. The topological polar surface area (TPSA) is 52.7 Å². The molecule has 1 saturated carbocycles. The lowest BCUT2D eigenvalue weighted by molar-refractivity contribution is -0.122. The zero-order valence-corrected chi connectivity index (χ0v) is 12.0. The molecule has 0 bridgehead atoms. The van der Waals surface area contributed by atoms with E-state index in [4.69, 9.17) is 0 Å². The number of hydrogen-bond donors (Lipinski definition) is 1. The van der Waals surface area contributed by atoms with Crippen molar-refractivity contribution in [3.05, 3.63) is 24.3 Å². The highest BCUT2D eigenvalue weighted by molar-refractivity contribution is 6.00. The number of β-lactam (4-membered cyclic amide) rings is 1. The number of urea groups is 1. The second-order valence-corrected chi connectivity index (χ2v) is 6.26. The van der Waals surface area contributed by atoms with Crippen molar-refractivity contribution >= 4 is 23.3 Å². The van der Waals surface area contributed by atoms with Gasteiger partial charge in [-0.05, 0) is 43.9 Å². The largest absolute Gasteiger partial charge is 0.322 e. The molecule has 1 aromatic rings. The number of nitrogens with one attached hydrogen (secondary N) is 1. The van der Waals surface area contributed by atoms with Crippen molar-refractivity contribution in [1.29, 1.82) is 0 Å². The van der Waals surface area contributed by atoms with Crippen LogP contribution in [-0.4, -0.2) is 35.5 Å². The highest BCUT2D eigenvalue weighted by atomic mass is 16.2. The van der Waals surface area contributed by atoms with Crippen LogP contribution in [0.15, 0.2) is 24.3 Å². The number of hydrogen-bond acceptors (Lipinski definition) is 2. The molecule has 3 amide bonds. The van der Waals surface area contributed by atoms with Crippen molar-refractivity contribution in [3.63, 3.8) is 0 Å². The second kappa shape index (κ2) is 4.48. The van der Waals surface area contributed by atoms with Gasteiger partial charge in [-0.2, -0.15) is 0 Å². The molecular formula is C16H19N3O2. The van der Waals surface area contributed by atoms with Gasteiger partial charge >= 0.3 is 6.03 Å². The molecule has 21 heavy (non-hydrogen) atoms. The number of carbonyl (C=O) groups excluding carboxylic acids is 2. The van der Waals surface area contributed by atoms with Crippen LogP contribution in [0.4, 0.5) is 16.2 Å². The molecule has 0 unspecified atom stereocenters. The fourth-order valence-electron chi connectivity index (χ4n) is 3.49. The van der Waals surface area contributed by atoms with Gasteiger partial charge < -0.3 is 15.1 Å². The molecule has 2 aliphatic heterocycles. The number of nitrogens with zero attached hydrogens (tertiary/aromatic N) is 2. The summed E-state index contributed by atoms with van der Waals surface area (Å²) in [6, 6.07) is 7.53. The Balaban J connectivity index is 1.46. The van der Waals surface area contributed by atoms with Crippen molar-refractivity contribution in [2.45, 2.75) is 37.6 Å². The van der Waals surface area contributed by atoms with Crippen molar-refractivity contribution in [2.24, 2.45) is 0 Å². The number of likely N-dealkylation sites (tertiary alicyclic amines) is 1. The van der Waals surface area contributed by atoms with Gasteiger partial charge in [0, 0.05) is 36.4 Å². The van der Waals surface area contributed by atoms with E-state index in [-0.39, 0.29) is 17.5 Å². The third kappa shape index (κ3) is 1.91. The number of benzene rings is 1. The van der Waals surface area contributed by atoms with E-state index in [1.807, 2.05) is 29.2 Å². The van der Waals surface area contributed by atoms with Crippen LogP contribution < -0.4 is 10.2 Å². The molecule has 4 rings (SSSR count). The van der Waals surface area contributed by atoms with Crippen LogP contribution in [0.5, 0.6) is 0 Å². The summed E-state index contributed by atoms with van der Waals surface area (Å²) in [5.74, 6) is 0.148. The zero-order valence-electron chi connectivity index (χ0n) is 12.0. The highest BCUT2D eigenvalue weighted by Crippen LogP contribution is 2.47. The number of anilines is 2. The van der Waals surface area contributed by atoms with E-state index >= 15 is 0 Å². The maximum absolute atomic E-state index is 12.4. The molecule has 5 heteroatoms. The van der Waals surface area contributed by atoms with E-state index in [0.717, 1.165) is 43.7 Å². The predicted molar refractivity (Wildman–Crippen MR) is 80.3 cm³/mol. The summed E-state index contributed by atoms with van der Waals surface area (Å²) in [5, 5.41) is 2.97. The van der Waals surface area contributed by atoms with Gasteiger partial charge in [0.1, 0.15) is 0 Å². The Labute approximate surface area is 123 Å². The molecule has 1 N–H and O–H groups in total. The van der Waals surface area contributed by atoms with Gasteiger partial charge in [-0.3, -0.25) is 4.79 Å². The molecule has 1 aromatic carbocycles. The van der Waals surface area contributed by atoms with Gasteiger partial charge in [-0.25, -0.2) is 4.79 Å². The average molecular weight is 285 g/mol. The summed E-state index contributed by atoms with van der Waals surface area (Å²) in [7, 11) is 0. The molecule has 3 fully saturated rings. The highest BCUT2D eigenvalue weighted by Gasteiger charge is 2.51. The van der Waals surface area contributed by atoms with E-state index in [1.54, 1.807) is 4.90 Å². The molecule has 2 saturated heterocycles. The summed E-state index contributed by atoms with van der Waals surface area (Å²) in [4.78, 5) is 27.6. The summed E-state index contributed by atoms with van der Waals surface area (Å²) >= 11 is 0. The Morgan fingerprint density at radius 2 is 2.05 bits per heavy atom. The van der Waals surface area contributed by atoms with Gasteiger partial charge in [0.2, 0.25) is 5.91 Å². The van der Waals surface area contributed by atoms with Crippen LogP contribution in [-0.2, 0) is 4.79 Å². The third-order valence-corrected chi connectivity index (χ3v) is 5.16. The van der Waals surface area contributed by atoms with Gasteiger partial charge in [0.15, 0.2) is 0 Å². The Morgan fingerprint density at radius 3 is 2.57 bits per heavy atom. The van der Waals surface area contributed by atoms with Crippen molar-refractivity contribution in [3.8, 4) is 0 Å². The maximum atomic E-state index is 12.4. The third-order valence-electron chi connectivity index (χ3n) is 5.16. The number of rotatable bonds is 2. The Kier molecular flexibility index (Phi) is 2.71. The molecule has 5 nitrogen and oxygen atoms in total. The van der Waals surface area contributed by atoms with Gasteiger partial charge in [0.25, 0.3) is 0 Å². The first-order valence-electron chi connectivity index (χ1n) is 7.67. The summed E-state index contributed by atoms with van der Waals surface area (Å²) < 4.78 is 0. The molecular weight excluding hydrogens is 266 g/mol. The normalized spacial score (nSPS) is 22.4. The van der Waals surface area contributed by atoms with Crippen molar-refractivity contribution < 1.29 is 9.59 Å². The molecule has 0 atom stereocenters. The van der Waals surface area contributed by atoms with Crippen LogP contribution in [0, 0.1) is 0 Å². The van der Waals surface area contributed by atoms with Crippen LogP contribution in [0.3, 0.4) is 0 Å². The lowest BCUT2D eigenvalue weighted by Gasteiger charge is -2.58. The van der Waals surface area contributed by atoms with Crippen LogP contribution in [0.25, 0.3) is 0 Å². The minimum Gasteiger partial charge on any atom is -0.319 e. The average Bonchev–Trinajstić information content (AvgIpc) is 2.34. The second-order valence-electron chi connectivity index (χ2n) is 6.26. The fourth-order valence-corrected chi connectivity index (χ4v) is 3.49. The van der Waals surface area contributed by atoms with E-state index in [0.29, 0.717) is 6.42 Å². The van der Waals surface area contributed by atoms with Gasteiger partial charge in [0.05, 0.1) is 0 Å². The Bertz CT molecular complexity index is 604. The first kappa shape index (κ1) is 12.7. The van der Waals surface area contributed by atoms with E-state index < -0.39 is 0 Å². The zero-order chi connectivity index (χ0) is 14.4. The quantitative estimate of drug-likeness (QED) is 0.849. The van der Waals surface area contributed by atoms with Crippen LogP contribution >= 0.6 is 0 Å². The smallest absolute Gasteiger partial charge is 0.319 e. The van der Waals surface area contributed by atoms with Gasteiger partial charge in [-0.15, -0.1) is 0 Å². The van der Waals surface area contributed by atoms with Crippen LogP contribution in [0.1, 0.15) is 32.1 Å². The first-order chi connectivity index (χ1) is 10.2.